The topological polar surface area (TPSA) is 0 Å². The minimum atomic E-state index is -2.90. The molecule has 0 bridgehead atoms. The van der Waals surface area contributed by atoms with Crippen LogP contribution in [0.4, 0.5) is 0 Å². The minimum Gasteiger partial charge on any atom is -0.147 e. The first-order valence-electron chi connectivity index (χ1n) is 18.4. The van der Waals surface area contributed by atoms with Crippen molar-refractivity contribution in [3.05, 3.63) is 109 Å². The Bertz CT molecular complexity index is 1450. The number of hydrogen-bond donors (Lipinski definition) is 0. The van der Waals surface area contributed by atoms with Gasteiger partial charge in [0.15, 0.2) is 0 Å². The molecule has 3 aromatic carbocycles. The van der Waals surface area contributed by atoms with Gasteiger partial charge in [-0.15, -0.1) is 37.2 Å². The van der Waals surface area contributed by atoms with Crippen molar-refractivity contribution >= 4 is 60.9 Å². The molecule has 1 atom stereocenters. The second-order valence-electron chi connectivity index (χ2n) is 16.7. The zero-order chi connectivity index (χ0) is 35.3. The average molecular weight is 789 g/mol. The number of halogens is 3. The second kappa shape index (κ2) is 17.8. The van der Waals surface area contributed by atoms with E-state index in [1.54, 1.807) is 25.0 Å². The molecule has 3 aromatic rings. The van der Waals surface area contributed by atoms with Gasteiger partial charge in [0, 0.05) is 0 Å². The summed E-state index contributed by atoms with van der Waals surface area (Å²) < 4.78 is 1.56. The SMILES string of the molecule is CC1=C(C)C(C)([Si](c2cc(C(C)C)cc(C(C)C)c2)(c2cc(C(C)C)cc(C(C)C)c2)c2cc(C(C)C)cc(C(C)C)c2)[C]([Ti])=C1C.Cl.Cl.Cl. The fourth-order valence-corrected chi connectivity index (χ4v) is 15.7. The summed E-state index contributed by atoms with van der Waals surface area (Å²) in [5, 5.41) is 4.57. The van der Waals surface area contributed by atoms with Crippen molar-refractivity contribution in [1.29, 1.82) is 0 Å². The van der Waals surface area contributed by atoms with Gasteiger partial charge in [-0.1, -0.05) is 0 Å². The molecule has 0 aliphatic heterocycles. The third kappa shape index (κ3) is 8.20. The van der Waals surface area contributed by atoms with E-state index in [1.165, 1.54) is 44.5 Å². The van der Waals surface area contributed by atoms with E-state index >= 15 is 0 Å². The minimum absolute atomic E-state index is 0. The summed E-state index contributed by atoms with van der Waals surface area (Å²) in [7, 11) is -2.90. The molecular formula is C45H66Cl3SiTi. The molecule has 1 aliphatic carbocycles. The van der Waals surface area contributed by atoms with Crippen molar-refractivity contribution in [2.45, 2.75) is 151 Å². The number of hydrogen-bond acceptors (Lipinski definition) is 0. The monoisotopic (exact) mass is 787 g/mol. The summed E-state index contributed by atoms with van der Waals surface area (Å²) in [5.74, 6) is 2.72. The molecule has 0 heterocycles. The smallest absolute Gasteiger partial charge is 0.147 e. The summed E-state index contributed by atoms with van der Waals surface area (Å²) in [6, 6.07) is 23.5. The number of benzene rings is 3. The summed E-state index contributed by atoms with van der Waals surface area (Å²) in [4.78, 5) is 0. The average Bonchev–Trinajstić information content (AvgIpc) is 3.16. The van der Waals surface area contributed by atoms with E-state index in [1.807, 2.05) is 0 Å². The predicted octanol–water partition coefficient (Wildman–Crippen LogP) is 13.1. The molecule has 5 heteroatoms. The van der Waals surface area contributed by atoms with Gasteiger partial charge in [0.2, 0.25) is 0 Å². The van der Waals surface area contributed by atoms with Crippen LogP contribution in [0.3, 0.4) is 0 Å². The first-order chi connectivity index (χ1) is 21.8. The van der Waals surface area contributed by atoms with Crippen molar-refractivity contribution in [2.24, 2.45) is 0 Å². The molecule has 1 unspecified atom stereocenters. The van der Waals surface area contributed by atoms with Gasteiger partial charge in [-0.2, -0.15) is 0 Å². The van der Waals surface area contributed by atoms with E-state index in [0.717, 1.165) is 0 Å². The molecule has 0 aromatic heterocycles. The van der Waals surface area contributed by atoms with E-state index in [9.17, 15) is 0 Å². The van der Waals surface area contributed by atoms with E-state index < -0.39 is 8.07 Å². The van der Waals surface area contributed by atoms with Crippen LogP contribution in [0, 0.1) is 0 Å². The van der Waals surface area contributed by atoms with Gasteiger partial charge in [0.25, 0.3) is 0 Å². The largest absolute Gasteiger partial charge is 0.147 e. The zero-order valence-corrected chi connectivity index (χ0v) is 38.9. The zero-order valence-electron chi connectivity index (χ0n) is 33.9. The fraction of sp³-hybridized carbons (Fsp3) is 0.511. The summed E-state index contributed by atoms with van der Waals surface area (Å²) in [5.41, 5.74) is 13.3. The summed E-state index contributed by atoms with van der Waals surface area (Å²) >= 11 is 2.47. The van der Waals surface area contributed by atoms with Crippen LogP contribution in [0.1, 0.15) is 180 Å². The maximum atomic E-state index is 2.66. The van der Waals surface area contributed by atoms with Crippen molar-refractivity contribution in [2.75, 3.05) is 0 Å². The van der Waals surface area contributed by atoms with Gasteiger partial charge in [-0.05, 0) is 0 Å². The van der Waals surface area contributed by atoms with E-state index in [0.29, 0.717) is 35.5 Å². The van der Waals surface area contributed by atoms with Crippen LogP contribution >= 0.6 is 37.2 Å². The maximum absolute atomic E-state index is 2.90. The van der Waals surface area contributed by atoms with Gasteiger partial charge in [0.05, 0.1) is 0 Å². The Morgan fingerprint density at radius 2 is 0.640 bits per heavy atom. The van der Waals surface area contributed by atoms with Crippen molar-refractivity contribution in [1.82, 2.24) is 0 Å². The quantitative estimate of drug-likeness (QED) is 0.142. The molecule has 4 rings (SSSR count). The first-order valence-corrected chi connectivity index (χ1v) is 21.1. The van der Waals surface area contributed by atoms with Crippen LogP contribution in [0.15, 0.2) is 75.2 Å². The Morgan fingerprint density at radius 1 is 0.420 bits per heavy atom. The number of allylic oxidation sites excluding steroid dienone is 4. The van der Waals surface area contributed by atoms with Gasteiger partial charge in [0.1, 0.15) is 0 Å². The van der Waals surface area contributed by atoms with Gasteiger partial charge in [-0.3, -0.25) is 0 Å². The molecule has 0 saturated heterocycles. The van der Waals surface area contributed by atoms with Crippen molar-refractivity contribution in [3.63, 3.8) is 0 Å². The maximum Gasteiger partial charge on any atom is -0.147 e. The Kier molecular flexibility index (Phi) is 16.8. The molecule has 50 heavy (non-hydrogen) atoms. The molecule has 0 saturated carbocycles. The van der Waals surface area contributed by atoms with E-state index in [4.69, 9.17) is 0 Å². The molecule has 0 N–H and O–H groups in total. The van der Waals surface area contributed by atoms with Gasteiger partial charge < -0.3 is 0 Å². The normalized spacial score (nSPS) is 16.6. The van der Waals surface area contributed by atoms with Crippen LogP contribution in [0.2, 0.25) is 5.04 Å². The Balaban J connectivity index is 0.00000417. The van der Waals surface area contributed by atoms with Crippen LogP contribution in [-0.4, -0.2) is 8.07 Å². The molecule has 1 aliphatic rings. The standard InChI is InChI=1S/C45H63Si.3ClH.Ti/c1-27(2)36-17-37(28(3)4)21-42(20-36)46(45(16)26-33(13)34(14)35(45)15,43-22-38(29(5)6)18-39(23-43)30(7)8)44-24-40(31(9)10)19-41(25-44)32(11)12;;;;/h17-25,27-32H,1-16H3;3*1H;. The van der Waals surface area contributed by atoms with Crippen LogP contribution in [-0.2, 0) is 20.4 Å². The Hall–Kier alpha value is -1.06. The molecule has 0 spiro atoms. The molecular weight excluding hydrogens is 723 g/mol. The van der Waals surface area contributed by atoms with E-state index in [2.05, 4.69) is 186 Å². The third-order valence-corrected chi connectivity index (χ3v) is 19.1. The fourth-order valence-electron chi connectivity index (χ4n) is 7.92. The summed E-state index contributed by atoms with van der Waals surface area (Å²) in [6.45, 7) is 38.4. The molecule has 0 nitrogen and oxygen atoms in total. The first kappa shape index (κ1) is 47.0. The van der Waals surface area contributed by atoms with Crippen molar-refractivity contribution < 1.29 is 20.4 Å². The Morgan fingerprint density at radius 3 is 0.800 bits per heavy atom. The predicted molar refractivity (Wildman–Crippen MR) is 230 cm³/mol. The van der Waals surface area contributed by atoms with Crippen molar-refractivity contribution in [3.8, 4) is 0 Å². The van der Waals surface area contributed by atoms with Crippen LogP contribution in [0.5, 0.6) is 0 Å². The van der Waals surface area contributed by atoms with E-state index in [-0.39, 0.29) is 42.3 Å². The molecule has 0 fully saturated rings. The summed E-state index contributed by atoms with van der Waals surface area (Å²) in [6.07, 6.45) is 0. The molecule has 0 radical (unpaired) electrons. The van der Waals surface area contributed by atoms with Gasteiger partial charge >= 0.3 is 304 Å². The van der Waals surface area contributed by atoms with Gasteiger partial charge in [-0.25, -0.2) is 0 Å². The number of rotatable bonds is 10. The Labute approximate surface area is 338 Å². The second-order valence-corrected chi connectivity index (χ2v) is 21.7. The third-order valence-electron chi connectivity index (χ3n) is 11.7. The molecule has 275 valence electrons. The van der Waals surface area contributed by atoms with Crippen LogP contribution in [0.25, 0.3) is 0 Å². The van der Waals surface area contributed by atoms with Crippen LogP contribution < -0.4 is 15.6 Å². The molecule has 0 amide bonds.